The molecule has 0 saturated heterocycles. The maximum Gasteiger partial charge on any atom is 0.0737 e. The van der Waals surface area contributed by atoms with Gasteiger partial charge >= 0.3 is 0 Å². The van der Waals surface area contributed by atoms with Crippen molar-refractivity contribution < 1.29 is 0 Å². The molecular formula is C50H40I2N4. The highest BCUT2D eigenvalue weighted by molar-refractivity contribution is 14.1. The van der Waals surface area contributed by atoms with Gasteiger partial charge in [0.05, 0.1) is 22.8 Å². The summed E-state index contributed by atoms with van der Waals surface area (Å²) in [6, 6.07) is 35.4. The van der Waals surface area contributed by atoms with Crippen LogP contribution in [0.15, 0.2) is 97.1 Å². The van der Waals surface area contributed by atoms with Gasteiger partial charge in [-0.05, 0) is 204 Å². The molecule has 0 atom stereocenters. The fourth-order valence-corrected chi connectivity index (χ4v) is 9.44. The van der Waals surface area contributed by atoms with Crippen molar-refractivity contribution in [1.29, 1.82) is 0 Å². The van der Waals surface area contributed by atoms with Crippen molar-refractivity contribution in [3.8, 4) is 44.5 Å². The summed E-state index contributed by atoms with van der Waals surface area (Å²) in [5, 5.41) is 0. The van der Waals surface area contributed by atoms with Crippen molar-refractivity contribution in [3.63, 3.8) is 0 Å². The predicted octanol–water partition coefficient (Wildman–Crippen LogP) is 14.4. The zero-order valence-electron chi connectivity index (χ0n) is 32.2. The summed E-state index contributed by atoms with van der Waals surface area (Å²) in [6.07, 6.45) is 8.72. The Balaban J connectivity index is 1.50. The molecule has 8 bridgehead atoms. The normalized spacial score (nSPS) is 12.1. The van der Waals surface area contributed by atoms with Crippen LogP contribution in [0, 0.1) is 48.7 Å². The molecule has 0 saturated carbocycles. The number of benzene rings is 4. The molecule has 9 rings (SSSR count). The maximum absolute atomic E-state index is 5.52. The number of hydrogen-bond acceptors (Lipinski definition) is 2. The molecule has 0 radical (unpaired) electrons. The van der Waals surface area contributed by atoms with E-state index in [-0.39, 0.29) is 0 Å². The van der Waals surface area contributed by atoms with Gasteiger partial charge in [0, 0.05) is 51.5 Å². The summed E-state index contributed by atoms with van der Waals surface area (Å²) in [5.41, 5.74) is 23.9. The van der Waals surface area contributed by atoms with Crippen molar-refractivity contribution >= 4 is 91.6 Å². The Kier molecular flexibility index (Phi) is 9.45. The van der Waals surface area contributed by atoms with Gasteiger partial charge in [0.15, 0.2) is 0 Å². The molecule has 4 aromatic carbocycles. The number of aromatic amines is 2. The minimum absolute atomic E-state index is 0.914. The van der Waals surface area contributed by atoms with Crippen LogP contribution >= 0.6 is 45.2 Å². The Morgan fingerprint density at radius 2 is 0.643 bits per heavy atom. The van der Waals surface area contributed by atoms with Crippen LogP contribution < -0.4 is 0 Å². The Morgan fingerprint density at radius 1 is 0.357 bits per heavy atom. The van der Waals surface area contributed by atoms with E-state index in [9.17, 15) is 0 Å². The van der Waals surface area contributed by atoms with E-state index in [4.69, 9.17) is 9.97 Å². The standard InChI is InChI=1S/C50H40I2N4/c1-27-23-29(3)45(30(4)24-27)49-41-19-15-37(53-41)47(33-7-11-35(51)12-8-33)39-17-21-43(55-39)50(46-31(5)25-28(2)26-32(46)6)44-22-18-40(56-44)48(38-16-20-42(49)54-38)34-9-13-36(52)14-10-34/h7-26,53,56H,1-6H3. The van der Waals surface area contributed by atoms with E-state index in [1.807, 2.05) is 0 Å². The topological polar surface area (TPSA) is 57.4 Å². The van der Waals surface area contributed by atoms with Crippen molar-refractivity contribution in [2.45, 2.75) is 41.5 Å². The van der Waals surface area contributed by atoms with Crippen LogP contribution in [-0.2, 0) is 0 Å². The van der Waals surface area contributed by atoms with E-state index in [0.29, 0.717) is 0 Å². The molecule has 0 spiro atoms. The highest BCUT2D eigenvalue weighted by atomic mass is 127. The second-order valence-corrected chi connectivity index (χ2v) is 17.6. The summed E-state index contributed by atoms with van der Waals surface area (Å²) in [7, 11) is 0. The van der Waals surface area contributed by atoms with Gasteiger partial charge in [0.1, 0.15) is 0 Å². The lowest BCUT2D eigenvalue weighted by molar-refractivity contribution is 1.28. The van der Waals surface area contributed by atoms with Crippen LogP contribution in [0.4, 0.5) is 0 Å². The first-order valence-electron chi connectivity index (χ1n) is 18.9. The second kappa shape index (κ2) is 14.5. The average Bonchev–Trinajstić information content (AvgIpc) is 3.99. The van der Waals surface area contributed by atoms with Gasteiger partial charge < -0.3 is 9.97 Å². The third-order valence-electron chi connectivity index (χ3n) is 10.9. The number of aromatic nitrogens is 4. The second-order valence-electron chi connectivity index (χ2n) is 15.1. The van der Waals surface area contributed by atoms with E-state index in [1.165, 1.54) is 51.6 Å². The molecule has 56 heavy (non-hydrogen) atoms. The highest BCUT2D eigenvalue weighted by Gasteiger charge is 2.21. The van der Waals surface area contributed by atoms with Crippen molar-refractivity contribution in [3.05, 3.63) is 160 Å². The van der Waals surface area contributed by atoms with Crippen molar-refractivity contribution in [1.82, 2.24) is 19.9 Å². The summed E-state index contributed by atoms with van der Waals surface area (Å²) >= 11 is 4.76. The molecule has 2 aliphatic heterocycles. The number of halogens is 2. The largest absolute Gasteiger partial charge is 0.354 e. The Bertz CT molecular complexity index is 2730. The predicted molar refractivity (Wildman–Crippen MR) is 254 cm³/mol. The molecule has 0 amide bonds. The average molecular weight is 951 g/mol. The molecule has 0 aliphatic carbocycles. The van der Waals surface area contributed by atoms with Gasteiger partial charge in [-0.1, -0.05) is 59.7 Å². The van der Waals surface area contributed by atoms with E-state index >= 15 is 0 Å². The Labute approximate surface area is 355 Å². The molecule has 0 unspecified atom stereocenters. The minimum atomic E-state index is 0.914. The van der Waals surface area contributed by atoms with E-state index in [0.717, 1.165) is 78.2 Å². The molecule has 2 N–H and O–H groups in total. The van der Waals surface area contributed by atoms with E-state index < -0.39 is 0 Å². The van der Waals surface area contributed by atoms with E-state index in [1.54, 1.807) is 0 Å². The molecule has 5 heterocycles. The number of nitrogens with zero attached hydrogens (tertiary/aromatic N) is 2. The number of fused-ring (bicyclic) bond motifs is 8. The third kappa shape index (κ3) is 6.56. The first kappa shape index (κ1) is 36.6. The summed E-state index contributed by atoms with van der Waals surface area (Å²) < 4.78 is 2.37. The zero-order chi connectivity index (χ0) is 38.8. The molecule has 4 nitrogen and oxygen atoms in total. The van der Waals surface area contributed by atoms with Crippen molar-refractivity contribution in [2.24, 2.45) is 0 Å². The first-order valence-corrected chi connectivity index (χ1v) is 21.0. The lowest BCUT2D eigenvalue weighted by Gasteiger charge is -2.13. The van der Waals surface area contributed by atoms with Crippen LogP contribution in [0.2, 0.25) is 0 Å². The lowest BCUT2D eigenvalue weighted by Crippen LogP contribution is -1.95. The monoisotopic (exact) mass is 950 g/mol. The number of nitrogens with one attached hydrogen (secondary N) is 2. The maximum atomic E-state index is 5.52. The molecule has 274 valence electrons. The van der Waals surface area contributed by atoms with Gasteiger partial charge in [-0.15, -0.1) is 0 Å². The molecule has 2 aliphatic rings. The minimum Gasteiger partial charge on any atom is -0.354 e. The van der Waals surface area contributed by atoms with Crippen molar-refractivity contribution in [2.75, 3.05) is 0 Å². The number of H-pyrrole nitrogens is 2. The van der Waals surface area contributed by atoms with Crippen LogP contribution in [0.1, 0.15) is 56.2 Å². The highest BCUT2D eigenvalue weighted by Crippen LogP contribution is 2.41. The van der Waals surface area contributed by atoms with Crippen LogP contribution in [-0.4, -0.2) is 19.9 Å². The summed E-state index contributed by atoms with van der Waals surface area (Å²) in [4.78, 5) is 18.9. The van der Waals surface area contributed by atoms with Gasteiger partial charge in [0.2, 0.25) is 0 Å². The number of hydrogen-bond donors (Lipinski definition) is 2. The lowest BCUT2D eigenvalue weighted by atomic mass is 9.92. The third-order valence-corrected chi connectivity index (χ3v) is 12.3. The fraction of sp³-hybridized carbons (Fsp3) is 0.120. The van der Waals surface area contributed by atoms with Crippen LogP contribution in [0.25, 0.3) is 90.9 Å². The van der Waals surface area contributed by atoms with Crippen LogP contribution in [0.3, 0.4) is 0 Å². The molecule has 3 aromatic heterocycles. The number of aryl methyl sites for hydroxylation is 6. The van der Waals surface area contributed by atoms with E-state index in [2.05, 4.69) is 218 Å². The smallest absolute Gasteiger partial charge is 0.0737 e. The summed E-state index contributed by atoms with van der Waals surface area (Å²) in [6.45, 7) is 13.2. The van der Waals surface area contributed by atoms with Gasteiger partial charge in [0.25, 0.3) is 0 Å². The fourth-order valence-electron chi connectivity index (χ4n) is 8.72. The molecule has 6 heteroatoms. The SMILES string of the molecule is Cc1cc(C)c(-c2c3nc(c(-c4ccc(I)cc4)c4ccc([nH]4)c(-c4c(C)cc(C)cc4C)c4nc(c(-c5ccc(I)cc5)c5ccc2[nH]5)C=C4)C=C3)c(C)c1. The molecular weight excluding hydrogens is 910 g/mol. The Morgan fingerprint density at radius 3 is 0.964 bits per heavy atom. The Hall–Kier alpha value is -5.06. The van der Waals surface area contributed by atoms with Gasteiger partial charge in [-0.2, -0.15) is 0 Å². The summed E-state index contributed by atoms with van der Waals surface area (Å²) in [5.74, 6) is 0. The van der Waals surface area contributed by atoms with Gasteiger partial charge in [-0.25, -0.2) is 9.97 Å². The van der Waals surface area contributed by atoms with Crippen LogP contribution in [0.5, 0.6) is 0 Å². The molecule has 0 fully saturated rings. The zero-order valence-corrected chi connectivity index (χ0v) is 36.5. The first-order chi connectivity index (χ1) is 27.0. The number of rotatable bonds is 4. The molecule has 7 aromatic rings. The van der Waals surface area contributed by atoms with Gasteiger partial charge in [-0.3, -0.25) is 0 Å². The quantitative estimate of drug-likeness (QED) is 0.173.